The zero-order chi connectivity index (χ0) is 37.7. The molecule has 3 fully saturated rings. The third kappa shape index (κ3) is 7.69. The average Bonchev–Trinajstić information content (AvgIpc) is 3.29. The van der Waals surface area contributed by atoms with E-state index in [0.717, 1.165) is 127 Å². The molecule has 1 unspecified atom stereocenters. The Morgan fingerprint density at radius 3 is 2.56 bits per heavy atom. The monoisotopic (exact) mass is 780 g/mol. The molecule has 0 radical (unpaired) electrons. The second-order valence-electron chi connectivity index (χ2n) is 17.7. The summed E-state index contributed by atoms with van der Waals surface area (Å²) in [6.45, 7) is 12.5. The quantitative estimate of drug-likeness (QED) is 0.371. The highest BCUT2D eigenvalue weighted by atomic mass is 35.5. The van der Waals surface area contributed by atoms with Crippen LogP contribution in [0.25, 0.3) is 0 Å². The average molecular weight is 782 g/mol. The summed E-state index contributed by atoms with van der Waals surface area (Å²) in [6, 6.07) is 12.6. The van der Waals surface area contributed by atoms with Crippen molar-refractivity contribution in [1.29, 1.82) is 0 Å². The Kier molecular flexibility index (Phi) is 11.1. The molecule has 4 aliphatic heterocycles. The topological polar surface area (TPSA) is 94.6 Å². The maximum Gasteiger partial charge on any atom is 0.262 e. The highest BCUT2D eigenvalue weighted by Crippen LogP contribution is 2.49. The van der Waals surface area contributed by atoms with E-state index in [1.807, 2.05) is 25.1 Å². The summed E-state index contributed by atoms with van der Waals surface area (Å²) in [6.07, 6.45) is 9.74. The molecule has 2 bridgehead atoms. The van der Waals surface area contributed by atoms with Crippen LogP contribution in [0.2, 0.25) is 5.02 Å². The second kappa shape index (κ2) is 15.5. The molecule has 1 saturated carbocycles. The number of piperidine rings is 1. The van der Waals surface area contributed by atoms with Crippen molar-refractivity contribution < 1.29 is 23.6 Å². The first-order valence-electron chi connectivity index (χ1n) is 20.7. The van der Waals surface area contributed by atoms with Gasteiger partial charge in [0.15, 0.2) is 0 Å². The fraction of sp³-hybridized carbons (Fsp3) is 0.674. The van der Waals surface area contributed by atoms with Crippen LogP contribution < -0.4 is 14.4 Å². The predicted molar refractivity (Wildman–Crippen MR) is 218 cm³/mol. The SMILES string of the molecule is C=S1(=O)NC(=O)c2ccc3c(c2)N(C[C@@H]2CC[C@H]2[C@@](O)(CN2CCC(N4CCOCC4)CC2)CCC[C@H](C)[C@H]1C)C[C@@]1(CCCc2cc(Cl)ccc21)CO3. The summed E-state index contributed by atoms with van der Waals surface area (Å²) < 4.78 is 29.3. The first-order valence-corrected chi connectivity index (χ1v) is 22.9. The molecular formula is C43H61ClN4O5S. The lowest BCUT2D eigenvalue weighted by molar-refractivity contribution is -0.110. The number of nitrogens with zero attached hydrogens (tertiary/aromatic N) is 3. The third-order valence-electron chi connectivity index (χ3n) is 14.4. The van der Waals surface area contributed by atoms with E-state index >= 15 is 0 Å². The van der Waals surface area contributed by atoms with Crippen LogP contribution in [-0.4, -0.2) is 113 Å². The molecule has 4 heterocycles. The van der Waals surface area contributed by atoms with Crippen LogP contribution in [0.15, 0.2) is 36.4 Å². The Bertz CT molecular complexity index is 1800. The van der Waals surface area contributed by atoms with Gasteiger partial charge in [0.05, 0.1) is 40.8 Å². The van der Waals surface area contributed by atoms with Gasteiger partial charge >= 0.3 is 0 Å². The van der Waals surface area contributed by atoms with Crippen molar-refractivity contribution >= 4 is 38.8 Å². The van der Waals surface area contributed by atoms with Crippen molar-refractivity contribution in [2.75, 3.05) is 70.5 Å². The molecular weight excluding hydrogens is 720 g/mol. The normalized spacial score (nSPS) is 35.9. The smallest absolute Gasteiger partial charge is 0.262 e. The Labute approximate surface area is 328 Å². The van der Waals surface area contributed by atoms with E-state index in [-0.39, 0.29) is 28.4 Å². The number of benzene rings is 2. The van der Waals surface area contributed by atoms with Crippen molar-refractivity contribution in [2.24, 2.45) is 17.8 Å². The lowest BCUT2D eigenvalue weighted by Crippen LogP contribution is -2.58. The van der Waals surface area contributed by atoms with Gasteiger partial charge in [0, 0.05) is 60.0 Å². The number of ether oxygens (including phenoxy) is 2. The van der Waals surface area contributed by atoms with Crippen molar-refractivity contribution in [3.63, 3.8) is 0 Å². The third-order valence-corrected chi connectivity index (χ3v) is 16.8. The van der Waals surface area contributed by atoms with Crippen molar-refractivity contribution in [2.45, 2.75) is 100 Å². The summed E-state index contributed by atoms with van der Waals surface area (Å²) >= 11 is 6.52. The van der Waals surface area contributed by atoms with Gasteiger partial charge in [-0.1, -0.05) is 31.0 Å². The van der Waals surface area contributed by atoms with Gasteiger partial charge in [0.1, 0.15) is 5.75 Å². The number of rotatable bonds is 3. The first-order chi connectivity index (χ1) is 25.9. The standard InChI is InChI=1S/C43H61ClN4O5S/c1-30-6-4-17-43(50,28-46-18-14-36(15-19-46)47-20-22-52-23-21-47)38-11-8-34(38)26-48-27-42(16-5-7-32-24-35(44)10-12-37(32)42)29-53-40-13-9-33(25-39(40)48)41(49)45-54(3,51)31(30)2/h9-10,12-13,24-25,30-31,34,36,38,50H,3-8,11,14-23,26-29H2,1-2H3,(H,45,49,51)/t30-,31+,34-,38+,42-,43-,54?/m0/s1. The number of anilines is 1. The molecule has 1 spiro atoms. The largest absolute Gasteiger partial charge is 0.490 e. The molecule has 2 saturated heterocycles. The number of β-amino-alcohol motifs (C(OH)–C–C–N with tert-alkyl or cyclic N) is 1. The van der Waals surface area contributed by atoms with Crippen LogP contribution in [0.4, 0.5) is 5.69 Å². The summed E-state index contributed by atoms with van der Waals surface area (Å²) in [7, 11) is -2.95. The number of carbonyl (C=O) groups is 1. The molecule has 8 rings (SSSR count). The lowest BCUT2D eigenvalue weighted by Gasteiger charge is -2.52. The Morgan fingerprint density at radius 1 is 1.00 bits per heavy atom. The van der Waals surface area contributed by atoms with E-state index < -0.39 is 15.3 Å². The van der Waals surface area contributed by atoms with Gasteiger partial charge in [-0.2, -0.15) is 0 Å². The highest BCUT2D eigenvalue weighted by molar-refractivity contribution is 7.99. The number of carbonyl (C=O) groups excluding carboxylic acids is 1. The Morgan fingerprint density at radius 2 is 1.80 bits per heavy atom. The number of amides is 1. The number of fused-ring (bicyclic) bond motifs is 4. The lowest BCUT2D eigenvalue weighted by atomic mass is 9.62. The zero-order valence-corrected chi connectivity index (χ0v) is 34.0. The molecule has 1 amide bonds. The van der Waals surface area contributed by atoms with Crippen LogP contribution in [-0.2, 0) is 26.3 Å². The van der Waals surface area contributed by atoms with Gasteiger partial charge in [0.25, 0.3) is 5.91 Å². The van der Waals surface area contributed by atoms with E-state index in [4.69, 9.17) is 21.1 Å². The van der Waals surface area contributed by atoms with E-state index in [0.29, 0.717) is 37.1 Å². The molecule has 2 aliphatic carbocycles. The predicted octanol–water partition coefficient (Wildman–Crippen LogP) is 5.94. The number of likely N-dealkylation sites (tertiary alicyclic amines) is 1. The minimum absolute atomic E-state index is 0.0642. The molecule has 2 N–H and O–H groups in total. The van der Waals surface area contributed by atoms with Crippen LogP contribution in [0.5, 0.6) is 5.75 Å². The van der Waals surface area contributed by atoms with Crippen LogP contribution in [0.1, 0.15) is 93.1 Å². The van der Waals surface area contributed by atoms with E-state index in [9.17, 15) is 14.1 Å². The fourth-order valence-corrected chi connectivity index (χ4v) is 12.5. The maximum absolute atomic E-state index is 14.0. The molecule has 6 aliphatic rings. The van der Waals surface area contributed by atoms with E-state index in [1.165, 1.54) is 11.1 Å². The number of halogens is 1. The van der Waals surface area contributed by atoms with Gasteiger partial charge in [-0.25, -0.2) is 4.21 Å². The van der Waals surface area contributed by atoms with Gasteiger partial charge < -0.3 is 24.4 Å². The molecule has 296 valence electrons. The Hall–Kier alpha value is -2.34. The van der Waals surface area contributed by atoms with Gasteiger partial charge in [-0.05, 0) is 143 Å². The van der Waals surface area contributed by atoms with Crippen molar-refractivity contribution in [3.8, 4) is 5.75 Å². The summed E-state index contributed by atoms with van der Waals surface area (Å²) in [5.74, 6) is 5.00. The summed E-state index contributed by atoms with van der Waals surface area (Å²) in [5.41, 5.74) is 2.88. The second-order valence-corrected chi connectivity index (χ2v) is 20.6. The summed E-state index contributed by atoms with van der Waals surface area (Å²) in [4.78, 5) is 21.4. The minimum atomic E-state index is -2.95. The van der Waals surface area contributed by atoms with E-state index in [1.54, 1.807) is 6.07 Å². The van der Waals surface area contributed by atoms with Gasteiger partial charge in [-0.15, -0.1) is 0 Å². The molecule has 9 nitrogen and oxygen atoms in total. The molecule has 11 heteroatoms. The maximum atomic E-state index is 14.0. The molecule has 0 aromatic heterocycles. The molecule has 7 atom stereocenters. The summed E-state index contributed by atoms with van der Waals surface area (Å²) in [5, 5.41) is 13.4. The molecule has 2 aromatic rings. The van der Waals surface area contributed by atoms with Crippen LogP contribution in [0, 0.1) is 17.8 Å². The number of aryl methyl sites for hydroxylation is 1. The molecule has 2 aromatic carbocycles. The number of nitrogens with one attached hydrogen (secondary N) is 1. The number of morpholine rings is 1. The van der Waals surface area contributed by atoms with Gasteiger partial charge in [-0.3, -0.25) is 14.4 Å². The Balaban J connectivity index is 1.12. The minimum Gasteiger partial charge on any atom is -0.490 e. The van der Waals surface area contributed by atoms with Crippen molar-refractivity contribution in [1.82, 2.24) is 14.5 Å². The van der Waals surface area contributed by atoms with Gasteiger partial charge in [0.2, 0.25) is 0 Å². The van der Waals surface area contributed by atoms with Crippen molar-refractivity contribution in [3.05, 3.63) is 58.1 Å². The van der Waals surface area contributed by atoms with Crippen LogP contribution in [0.3, 0.4) is 0 Å². The fourth-order valence-electron chi connectivity index (χ4n) is 10.8. The highest BCUT2D eigenvalue weighted by Gasteiger charge is 2.49. The zero-order valence-electron chi connectivity index (χ0n) is 32.4. The number of hydrogen-bond donors (Lipinski definition) is 2. The van der Waals surface area contributed by atoms with Crippen LogP contribution >= 0.6 is 11.6 Å². The number of hydrogen-bond acceptors (Lipinski definition) is 8. The number of aliphatic hydroxyl groups is 1. The first kappa shape index (κ1) is 38.5. The molecule has 54 heavy (non-hydrogen) atoms. The van der Waals surface area contributed by atoms with E-state index in [2.05, 4.69) is 44.3 Å².